The summed E-state index contributed by atoms with van der Waals surface area (Å²) in [4.78, 5) is 38.1. The summed E-state index contributed by atoms with van der Waals surface area (Å²) in [7, 11) is -2.04. The van der Waals surface area contributed by atoms with Gasteiger partial charge in [0.15, 0.2) is 6.33 Å². The van der Waals surface area contributed by atoms with Crippen molar-refractivity contribution in [2.75, 3.05) is 19.5 Å². The van der Waals surface area contributed by atoms with Gasteiger partial charge in [0.25, 0.3) is 19.3 Å². The van der Waals surface area contributed by atoms with Gasteiger partial charge in [0, 0.05) is 7.11 Å². The van der Waals surface area contributed by atoms with E-state index in [1.54, 1.807) is 7.05 Å². The van der Waals surface area contributed by atoms with Gasteiger partial charge < -0.3 is 34.6 Å². The van der Waals surface area contributed by atoms with Crippen molar-refractivity contribution < 1.29 is 38.0 Å². The Bertz CT molecular complexity index is 922. The number of aliphatic hydroxyl groups excluding tert-OH is 1. The van der Waals surface area contributed by atoms with E-state index in [1.165, 1.54) is 22.6 Å². The van der Waals surface area contributed by atoms with E-state index >= 15 is 0 Å². The number of nitrogens with zero attached hydrogens (tertiary/aromatic N) is 3. The number of imidazole rings is 1. The molecule has 0 aliphatic carbocycles. The van der Waals surface area contributed by atoms with Gasteiger partial charge in [0.05, 0.1) is 13.7 Å². The number of aromatic amines is 1. The number of ether oxygens (including phenoxy) is 2. The Morgan fingerprint density at radius 3 is 2.92 bits per heavy atom. The third-order valence-electron chi connectivity index (χ3n) is 4.05. The van der Waals surface area contributed by atoms with E-state index in [4.69, 9.17) is 20.1 Å². The van der Waals surface area contributed by atoms with Crippen LogP contribution in [-0.2, 0) is 25.6 Å². The topological polar surface area (TPSA) is 189 Å². The van der Waals surface area contributed by atoms with Gasteiger partial charge in [-0.2, -0.15) is 0 Å². The summed E-state index contributed by atoms with van der Waals surface area (Å²) < 4.78 is 28.9. The number of phosphoric acid groups is 1. The van der Waals surface area contributed by atoms with Crippen LogP contribution in [0.4, 0.5) is 5.95 Å². The number of methoxy groups -OCH3 is 1. The number of nitrogens with one attached hydrogen (secondary N) is 1. The number of hydrogen-bond acceptors (Lipinski definition) is 9. The number of anilines is 1. The second-order valence-electron chi connectivity index (χ2n) is 5.78. The van der Waals surface area contributed by atoms with Crippen LogP contribution in [0.5, 0.6) is 0 Å². The summed E-state index contributed by atoms with van der Waals surface area (Å²) in [5.74, 6) is -0.109. The number of aryl methyl sites for hydroxylation is 1. The van der Waals surface area contributed by atoms with Gasteiger partial charge in [-0.3, -0.25) is 18.9 Å². The molecule has 0 aromatic carbocycles. The van der Waals surface area contributed by atoms with Crippen LogP contribution in [0, 0.1) is 0 Å². The van der Waals surface area contributed by atoms with Crippen LogP contribution in [0.3, 0.4) is 0 Å². The first-order valence-corrected chi connectivity index (χ1v) is 8.92. The van der Waals surface area contributed by atoms with Gasteiger partial charge in [-0.1, -0.05) is 4.98 Å². The molecule has 0 radical (unpaired) electrons. The molecule has 0 saturated carbocycles. The van der Waals surface area contributed by atoms with Crippen LogP contribution in [0.1, 0.15) is 6.23 Å². The summed E-state index contributed by atoms with van der Waals surface area (Å²) in [5, 5.41) is 10.3. The molecule has 1 unspecified atom stereocenters. The molecule has 1 aliphatic rings. The Labute approximate surface area is 146 Å². The molecule has 14 heteroatoms. The quantitative estimate of drug-likeness (QED) is 0.300. The molecule has 5 atom stereocenters. The molecule has 1 saturated heterocycles. The highest BCUT2D eigenvalue weighted by Crippen LogP contribution is 2.34. The van der Waals surface area contributed by atoms with Gasteiger partial charge >= 0.3 is 5.65 Å². The fraction of sp³-hybridized carbons (Fsp3) is 0.583. The number of aliphatic hydroxyl groups is 1. The van der Waals surface area contributed by atoms with E-state index in [0.717, 1.165) is 0 Å². The third kappa shape index (κ3) is 3.38. The highest BCUT2D eigenvalue weighted by molar-refractivity contribution is 7.44. The number of hydrogen-bond donors (Lipinski definition) is 4. The third-order valence-corrected chi connectivity index (χ3v) is 4.53. The molecule has 1 fully saturated rings. The minimum Gasteiger partial charge on any atom is -0.756 e. The van der Waals surface area contributed by atoms with Gasteiger partial charge in [-0.25, -0.2) is 4.57 Å². The monoisotopic (exact) mass is 391 g/mol. The minimum absolute atomic E-state index is 0.109. The first kappa shape index (κ1) is 18.9. The number of fused-ring (bicyclic) bond motifs is 1. The molecule has 0 bridgehead atoms. The summed E-state index contributed by atoms with van der Waals surface area (Å²) in [6.45, 7) is -0.615. The Morgan fingerprint density at radius 2 is 2.31 bits per heavy atom. The Balaban J connectivity index is 1.99. The standard InChI is InChI=1S/C12H18N5O8P/c1-16-4-17(9-6(16)10(19)15-12(13)14-9)11-8(23-2)7(18)5(25-11)3-24-26(20,21)22/h4-5,7-8,11,18H,3H2,1-2H3,(H4-,13,14,15,19,20,21,22)/t5-,7-,8-,11-/m1/s1. The summed E-state index contributed by atoms with van der Waals surface area (Å²) in [5.41, 5.74) is 5.53. The number of rotatable bonds is 5. The zero-order chi connectivity index (χ0) is 19.2. The molecule has 13 nitrogen and oxygen atoms in total. The van der Waals surface area contributed by atoms with E-state index in [9.17, 15) is 19.4 Å². The zero-order valence-electron chi connectivity index (χ0n) is 13.8. The predicted molar refractivity (Wildman–Crippen MR) is 82.4 cm³/mol. The highest BCUT2D eigenvalue weighted by Gasteiger charge is 2.48. The molecule has 0 amide bonds. The van der Waals surface area contributed by atoms with Gasteiger partial charge in [-0.05, 0) is 0 Å². The minimum atomic E-state index is -4.98. The van der Waals surface area contributed by atoms with Crippen LogP contribution in [0.25, 0.3) is 11.2 Å². The van der Waals surface area contributed by atoms with E-state index in [2.05, 4.69) is 14.5 Å². The van der Waals surface area contributed by atoms with Crippen molar-refractivity contribution in [1.29, 1.82) is 0 Å². The molecule has 2 aromatic rings. The second kappa shape index (κ2) is 6.70. The molecular weight excluding hydrogens is 373 g/mol. The van der Waals surface area contributed by atoms with E-state index in [0.29, 0.717) is 0 Å². The van der Waals surface area contributed by atoms with Crippen LogP contribution in [-0.4, -0.2) is 56.6 Å². The number of nitrogens with two attached hydrogens (primary N) is 1. The van der Waals surface area contributed by atoms with E-state index < -0.39 is 44.5 Å². The molecule has 144 valence electrons. The number of nitrogen functional groups attached to an aromatic ring is 1. The van der Waals surface area contributed by atoms with Crippen molar-refractivity contribution in [3.05, 3.63) is 16.7 Å². The molecule has 1 aliphatic heterocycles. The first-order valence-electron chi connectivity index (χ1n) is 7.43. The Kier molecular flexibility index (Phi) is 4.88. The van der Waals surface area contributed by atoms with Crippen LogP contribution in [0.15, 0.2) is 11.1 Å². The summed E-state index contributed by atoms with van der Waals surface area (Å²) in [6, 6.07) is 0. The smallest absolute Gasteiger partial charge is 0.313 e. The van der Waals surface area contributed by atoms with Crippen molar-refractivity contribution in [1.82, 2.24) is 14.5 Å². The van der Waals surface area contributed by atoms with Crippen molar-refractivity contribution in [3.8, 4) is 0 Å². The van der Waals surface area contributed by atoms with Crippen molar-refractivity contribution >= 4 is 24.9 Å². The molecule has 5 N–H and O–H groups in total. The van der Waals surface area contributed by atoms with Crippen molar-refractivity contribution in [2.24, 2.45) is 7.05 Å². The highest BCUT2D eigenvalue weighted by atomic mass is 31.2. The lowest BCUT2D eigenvalue weighted by atomic mass is 10.1. The van der Waals surface area contributed by atoms with Gasteiger partial charge in [-0.15, -0.1) is 0 Å². The average Bonchev–Trinajstić information content (AvgIpc) is 3.01. The number of H-pyrrole nitrogens is 1. The predicted octanol–water partition coefficient (Wildman–Crippen LogP) is -3.12. The number of phosphoric ester groups is 1. The molecule has 2 aromatic heterocycles. The van der Waals surface area contributed by atoms with E-state index in [1.807, 2.05) is 0 Å². The molecule has 3 heterocycles. The molecular formula is C12H18N5O8P. The van der Waals surface area contributed by atoms with Crippen molar-refractivity contribution in [2.45, 2.75) is 24.5 Å². The SMILES string of the molecule is CO[C@@H]1[C@H](O)[C@@H](COP(=O)([O-])O)O[C@H]1[n+]1cn(C)c2c(=O)[nH]c(N)nc21. The molecule has 3 rings (SSSR count). The maximum Gasteiger partial charge on any atom is 0.313 e. The van der Waals surface area contributed by atoms with E-state index in [-0.39, 0.29) is 17.1 Å². The molecule has 0 spiro atoms. The Morgan fingerprint density at radius 1 is 1.62 bits per heavy atom. The summed E-state index contributed by atoms with van der Waals surface area (Å²) in [6.07, 6.45) is -2.75. The average molecular weight is 391 g/mol. The lowest BCUT2D eigenvalue weighted by molar-refractivity contribution is -0.746. The van der Waals surface area contributed by atoms with Crippen LogP contribution in [0.2, 0.25) is 0 Å². The molecule has 26 heavy (non-hydrogen) atoms. The fourth-order valence-corrected chi connectivity index (χ4v) is 3.29. The lowest BCUT2D eigenvalue weighted by Gasteiger charge is -2.20. The van der Waals surface area contributed by atoms with Gasteiger partial charge in [0.2, 0.25) is 11.7 Å². The number of aromatic nitrogens is 4. The largest absolute Gasteiger partial charge is 0.756 e. The lowest BCUT2D eigenvalue weighted by Crippen LogP contribution is -2.47. The Hall–Kier alpha value is -1.86. The fourth-order valence-electron chi connectivity index (χ4n) is 2.96. The normalized spacial score (nSPS) is 28.5. The van der Waals surface area contributed by atoms with Crippen LogP contribution < -0.4 is 20.8 Å². The second-order valence-corrected chi connectivity index (χ2v) is 6.97. The first-order chi connectivity index (χ1) is 12.1. The summed E-state index contributed by atoms with van der Waals surface area (Å²) >= 11 is 0. The zero-order valence-corrected chi connectivity index (χ0v) is 14.7. The van der Waals surface area contributed by atoms with Crippen LogP contribution >= 0.6 is 7.82 Å². The van der Waals surface area contributed by atoms with Gasteiger partial charge in [0.1, 0.15) is 18.3 Å². The maximum absolute atomic E-state index is 12.1. The maximum atomic E-state index is 12.1. The van der Waals surface area contributed by atoms with Crippen molar-refractivity contribution in [3.63, 3.8) is 0 Å².